The van der Waals surface area contributed by atoms with E-state index in [-0.39, 0.29) is 11.6 Å². The minimum Gasteiger partial charge on any atom is -0.358 e. The molecule has 0 radical (unpaired) electrons. The quantitative estimate of drug-likeness (QED) is 0.605. The lowest BCUT2D eigenvalue weighted by atomic mass is 10.0. The normalized spacial score (nSPS) is 11.7. The maximum absolute atomic E-state index is 12.0. The van der Waals surface area contributed by atoms with Crippen molar-refractivity contribution in [1.29, 1.82) is 0 Å². The highest BCUT2D eigenvalue weighted by atomic mass is 16.6. The second-order valence-electron chi connectivity index (χ2n) is 5.16. The molecule has 0 saturated heterocycles. The first-order valence-corrected chi connectivity index (χ1v) is 7.32. The number of nitrogens with zero attached hydrogens (tertiary/aromatic N) is 1. The van der Waals surface area contributed by atoms with Crippen molar-refractivity contribution in [3.05, 3.63) is 75.8 Å². The highest BCUT2D eigenvalue weighted by molar-refractivity contribution is 5.81. The molecule has 2 N–H and O–H groups in total. The fourth-order valence-corrected chi connectivity index (χ4v) is 2.26. The Bertz CT molecular complexity index is 657. The Labute approximate surface area is 134 Å². The Hall–Kier alpha value is -2.73. The molecule has 120 valence electrons. The fraction of sp³-hybridized carbons (Fsp3) is 0.235. The van der Waals surface area contributed by atoms with E-state index in [1.165, 1.54) is 12.1 Å². The Balaban J connectivity index is 2.03. The molecule has 6 heteroatoms. The monoisotopic (exact) mass is 313 g/mol. The largest absolute Gasteiger partial charge is 0.358 e. The van der Waals surface area contributed by atoms with Crippen LogP contribution in [0.3, 0.4) is 0 Å². The molecule has 2 aromatic carbocycles. The Kier molecular flexibility index (Phi) is 5.82. The molecule has 0 aliphatic rings. The highest BCUT2D eigenvalue weighted by Gasteiger charge is 2.17. The Morgan fingerprint density at radius 3 is 2.30 bits per heavy atom. The van der Waals surface area contributed by atoms with Gasteiger partial charge in [0, 0.05) is 25.7 Å². The van der Waals surface area contributed by atoms with Gasteiger partial charge in [0.25, 0.3) is 5.69 Å². The lowest BCUT2D eigenvalue weighted by Gasteiger charge is -2.17. The summed E-state index contributed by atoms with van der Waals surface area (Å²) in [5.41, 5.74) is 2.00. The number of carbonyl (C=O) groups excluding carboxylic acids is 1. The molecule has 23 heavy (non-hydrogen) atoms. The summed E-state index contributed by atoms with van der Waals surface area (Å²) in [6.07, 6.45) is 0.463. The van der Waals surface area contributed by atoms with Gasteiger partial charge in [0.1, 0.15) is 0 Å². The van der Waals surface area contributed by atoms with Crippen LogP contribution in [0.1, 0.15) is 11.1 Å². The van der Waals surface area contributed by atoms with Gasteiger partial charge in [-0.15, -0.1) is 0 Å². The first-order chi connectivity index (χ1) is 11.1. The van der Waals surface area contributed by atoms with Gasteiger partial charge >= 0.3 is 0 Å². The van der Waals surface area contributed by atoms with Crippen molar-refractivity contribution < 1.29 is 9.72 Å². The van der Waals surface area contributed by atoms with Crippen molar-refractivity contribution in [2.24, 2.45) is 0 Å². The predicted molar refractivity (Wildman–Crippen MR) is 87.9 cm³/mol. The molecule has 0 aromatic heterocycles. The maximum Gasteiger partial charge on any atom is 0.269 e. The van der Waals surface area contributed by atoms with Gasteiger partial charge < -0.3 is 10.6 Å². The second-order valence-corrected chi connectivity index (χ2v) is 5.16. The number of hydrogen-bond acceptors (Lipinski definition) is 4. The lowest BCUT2D eigenvalue weighted by Crippen LogP contribution is -2.44. The molecule has 1 unspecified atom stereocenters. The van der Waals surface area contributed by atoms with Crippen molar-refractivity contribution in [3.63, 3.8) is 0 Å². The van der Waals surface area contributed by atoms with E-state index in [9.17, 15) is 14.9 Å². The van der Waals surface area contributed by atoms with E-state index in [1.54, 1.807) is 19.2 Å². The van der Waals surface area contributed by atoms with Crippen LogP contribution in [-0.2, 0) is 17.8 Å². The third-order valence-corrected chi connectivity index (χ3v) is 3.55. The summed E-state index contributed by atoms with van der Waals surface area (Å²) in [5, 5.41) is 16.5. The molecule has 0 spiro atoms. The number of amides is 1. The van der Waals surface area contributed by atoms with E-state index in [1.807, 2.05) is 30.3 Å². The van der Waals surface area contributed by atoms with Gasteiger partial charge in [-0.1, -0.05) is 42.5 Å². The summed E-state index contributed by atoms with van der Waals surface area (Å²) in [6, 6.07) is 15.7. The number of carbonyl (C=O) groups is 1. The molecular weight excluding hydrogens is 294 g/mol. The Morgan fingerprint density at radius 2 is 1.74 bits per heavy atom. The van der Waals surface area contributed by atoms with Gasteiger partial charge in [-0.2, -0.15) is 0 Å². The first kappa shape index (κ1) is 16.6. The number of benzene rings is 2. The van der Waals surface area contributed by atoms with Crippen molar-refractivity contribution in [1.82, 2.24) is 10.6 Å². The number of likely N-dealkylation sites (N-methyl/N-ethyl adjacent to an activating group) is 1. The van der Waals surface area contributed by atoms with Crippen LogP contribution >= 0.6 is 0 Å². The van der Waals surface area contributed by atoms with E-state index < -0.39 is 11.0 Å². The minimum absolute atomic E-state index is 0.0440. The number of nitro groups is 1. The van der Waals surface area contributed by atoms with Crippen LogP contribution in [0.2, 0.25) is 0 Å². The molecule has 0 aliphatic carbocycles. The van der Waals surface area contributed by atoms with Crippen molar-refractivity contribution in [2.75, 3.05) is 7.05 Å². The van der Waals surface area contributed by atoms with Crippen molar-refractivity contribution in [3.8, 4) is 0 Å². The molecular formula is C17H19N3O3. The van der Waals surface area contributed by atoms with E-state index >= 15 is 0 Å². The average molecular weight is 313 g/mol. The molecule has 6 nitrogen and oxygen atoms in total. The smallest absolute Gasteiger partial charge is 0.269 e. The van der Waals surface area contributed by atoms with E-state index in [4.69, 9.17) is 0 Å². The molecule has 0 bridgehead atoms. The van der Waals surface area contributed by atoms with Gasteiger partial charge in [-0.05, 0) is 17.5 Å². The zero-order valence-corrected chi connectivity index (χ0v) is 12.9. The third kappa shape index (κ3) is 4.89. The summed E-state index contributed by atoms with van der Waals surface area (Å²) in [6.45, 7) is 0.575. The molecule has 0 heterocycles. The zero-order valence-electron chi connectivity index (χ0n) is 12.9. The first-order valence-electron chi connectivity index (χ1n) is 7.32. The van der Waals surface area contributed by atoms with E-state index in [0.29, 0.717) is 13.0 Å². The number of nitro benzene ring substituents is 1. The second kappa shape index (κ2) is 8.05. The minimum atomic E-state index is -0.437. The third-order valence-electron chi connectivity index (χ3n) is 3.55. The summed E-state index contributed by atoms with van der Waals surface area (Å²) >= 11 is 0. The Morgan fingerprint density at radius 1 is 1.09 bits per heavy atom. The van der Waals surface area contributed by atoms with Crippen molar-refractivity contribution in [2.45, 2.75) is 19.0 Å². The van der Waals surface area contributed by atoms with Crippen LogP contribution in [0.5, 0.6) is 0 Å². The highest BCUT2D eigenvalue weighted by Crippen LogP contribution is 2.13. The molecule has 2 aromatic rings. The molecule has 1 amide bonds. The average Bonchev–Trinajstić information content (AvgIpc) is 2.59. The number of hydrogen-bond donors (Lipinski definition) is 2. The van der Waals surface area contributed by atoms with Crippen LogP contribution in [0.4, 0.5) is 5.69 Å². The predicted octanol–water partition coefficient (Wildman–Crippen LogP) is 2.04. The van der Waals surface area contributed by atoms with Gasteiger partial charge in [-0.25, -0.2) is 0 Å². The molecule has 0 aliphatic heterocycles. The fourth-order valence-electron chi connectivity index (χ4n) is 2.26. The zero-order chi connectivity index (χ0) is 16.7. The lowest BCUT2D eigenvalue weighted by molar-refractivity contribution is -0.384. The van der Waals surface area contributed by atoms with Crippen LogP contribution in [0, 0.1) is 10.1 Å². The standard InChI is InChI=1S/C17H19N3O3/c1-18-17(21)16(19-12-14-5-3-2-4-6-14)11-13-7-9-15(10-8-13)20(22)23/h2-10,16,19H,11-12H2,1H3,(H,18,21). The molecule has 0 saturated carbocycles. The number of nitrogens with one attached hydrogen (secondary N) is 2. The van der Waals surface area contributed by atoms with Crippen LogP contribution in [0.15, 0.2) is 54.6 Å². The number of non-ortho nitro benzene ring substituents is 1. The topological polar surface area (TPSA) is 84.3 Å². The molecule has 1 atom stereocenters. The van der Waals surface area contributed by atoms with E-state index in [0.717, 1.165) is 11.1 Å². The van der Waals surface area contributed by atoms with Gasteiger partial charge in [0.2, 0.25) is 5.91 Å². The van der Waals surface area contributed by atoms with Gasteiger partial charge in [0.05, 0.1) is 11.0 Å². The van der Waals surface area contributed by atoms with Crippen LogP contribution in [0.25, 0.3) is 0 Å². The maximum atomic E-state index is 12.0. The summed E-state index contributed by atoms with van der Waals surface area (Å²) in [7, 11) is 1.59. The molecule has 2 rings (SSSR count). The van der Waals surface area contributed by atoms with Crippen molar-refractivity contribution >= 4 is 11.6 Å². The summed E-state index contributed by atoms with van der Waals surface area (Å²) in [5.74, 6) is -0.112. The summed E-state index contributed by atoms with van der Waals surface area (Å²) in [4.78, 5) is 22.3. The summed E-state index contributed by atoms with van der Waals surface area (Å²) < 4.78 is 0. The van der Waals surface area contributed by atoms with Crippen LogP contribution < -0.4 is 10.6 Å². The van der Waals surface area contributed by atoms with E-state index in [2.05, 4.69) is 10.6 Å². The SMILES string of the molecule is CNC(=O)C(Cc1ccc([N+](=O)[O-])cc1)NCc1ccccc1. The van der Waals surface area contributed by atoms with Gasteiger partial charge in [0.15, 0.2) is 0 Å². The van der Waals surface area contributed by atoms with Gasteiger partial charge in [-0.3, -0.25) is 14.9 Å². The van der Waals surface area contributed by atoms with Crippen LogP contribution in [-0.4, -0.2) is 23.9 Å². The molecule has 0 fully saturated rings. The number of rotatable bonds is 7.